The first-order valence-corrected chi connectivity index (χ1v) is 9.48. The third kappa shape index (κ3) is 4.39. The lowest BCUT2D eigenvalue weighted by Crippen LogP contribution is -1.88. The van der Waals surface area contributed by atoms with Gasteiger partial charge < -0.3 is 0 Å². The van der Waals surface area contributed by atoms with E-state index in [9.17, 15) is 0 Å². The summed E-state index contributed by atoms with van der Waals surface area (Å²) >= 11 is 0. The normalized spacial score (nSPS) is 11.6. The predicted octanol–water partition coefficient (Wildman–Crippen LogP) is 7.40. The minimum absolute atomic E-state index is 1.09. The summed E-state index contributed by atoms with van der Waals surface area (Å²) in [5, 5.41) is 5.44. The molecule has 0 saturated carbocycles. The van der Waals surface area contributed by atoms with Crippen LogP contribution in [0, 0.1) is 0 Å². The lowest BCUT2D eigenvalue weighted by atomic mass is 9.96. The summed E-state index contributed by atoms with van der Waals surface area (Å²) in [5.41, 5.74) is 2.87. The highest BCUT2D eigenvalue weighted by molar-refractivity contribution is 6.07. The Morgan fingerprint density at radius 1 is 0.760 bits per heavy atom. The maximum absolute atomic E-state index is 3.81. The van der Waals surface area contributed by atoms with Gasteiger partial charge in [0.15, 0.2) is 0 Å². The van der Waals surface area contributed by atoms with Gasteiger partial charge in [-0.2, -0.15) is 0 Å². The highest BCUT2D eigenvalue weighted by atomic mass is 14.1. The first kappa shape index (κ1) is 17.5. The van der Waals surface area contributed by atoms with E-state index in [1.807, 2.05) is 6.08 Å². The van der Waals surface area contributed by atoms with Crippen LogP contribution in [0.3, 0.4) is 0 Å². The Bertz CT molecular complexity index is 883. The van der Waals surface area contributed by atoms with Crippen molar-refractivity contribution in [2.24, 2.45) is 0 Å². The molecule has 3 aromatic rings. The second-order valence-corrected chi connectivity index (χ2v) is 6.82. The van der Waals surface area contributed by atoms with E-state index in [0.29, 0.717) is 0 Å². The van der Waals surface area contributed by atoms with Gasteiger partial charge in [-0.3, -0.25) is 0 Å². The summed E-state index contributed by atoms with van der Waals surface area (Å²) in [5.74, 6) is 0. The van der Waals surface area contributed by atoms with Gasteiger partial charge >= 0.3 is 0 Å². The molecule has 0 aromatic heterocycles. The van der Waals surface area contributed by atoms with Crippen LogP contribution in [0.4, 0.5) is 0 Å². The summed E-state index contributed by atoms with van der Waals surface area (Å²) in [4.78, 5) is 0. The van der Waals surface area contributed by atoms with Crippen molar-refractivity contribution in [2.75, 3.05) is 0 Å². The minimum atomic E-state index is 1.09. The average Bonchev–Trinajstić information content (AvgIpc) is 2.65. The number of hydrogen-bond acceptors (Lipinski definition) is 0. The Balaban J connectivity index is 1.83. The maximum Gasteiger partial charge on any atom is -0.0105 e. The molecule has 0 radical (unpaired) electrons. The van der Waals surface area contributed by atoms with Crippen molar-refractivity contribution in [3.05, 3.63) is 84.5 Å². The summed E-state index contributed by atoms with van der Waals surface area (Å²) < 4.78 is 0. The topological polar surface area (TPSA) is 0 Å². The van der Waals surface area contributed by atoms with Crippen LogP contribution in [-0.2, 0) is 12.8 Å². The number of fused-ring (bicyclic) bond motifs is 3. The van der Waals surface area contributed by atoms with Crippen molar-refractivity contribution < 1.29 is 0 Å². The Labute approximate surface area is 151 Å². The van der Waals surface area contributed by atoms with Gasteiger partial charge in [-0.1, -0.05) is 66.8 Å². The van der Waals surface area contributed by atoms with E-state index in [4.69, 9.17) is 0 Å². The van der Waals surface area contributed by atoms with Crippen molar-refractivity contribution in [1.82, 2.24) is 0 Å². The molecule has 3 rings (SSSR count). The molecule has 0 amide bonds. The van der Waals surface area contributed by atoms with Crippen molar-refractivity contribution in [3.8, 4) is 0 Å². The fourth-order valence-electron chi connectivity index (χ4n) is 3.52. The van der Waals surface area contributed by atoms with Crippen molar-refractivity contribution >= 4 is 21.5 Å². The molecule has 25 heavy (non-hydrogen) atoms. The number of hydrogen-bond donors (Lipinski definition) is 0. The van der Waals surface area contributed by atoms with Crippen molar-refractivity contribution in [3.63, 3.8) is 0 Å². The van der Waals surface area contributed by atoms with E-state index in [-0.39, 0.29) is 0 Å². The first-order valence-electron chi connectivity index (χ1n) is 9.48. The molecule has 0 N–H and O–H groups in total. The number of aryl methyl sites for hydroxylation is 2. The zero-order chi connectivity index (χ0) is 17.5. The Morgan fingerprint density at radius 2 is 1.32 bits per heavy atom. The molecule has 0 bridgehead atoms. The van der Waals surface area contributed by atoms with E-state index in [2.05, 4.69) is 74.2 Å². The Kier molecular flexibility index (Phi) is 6.06. The molecular formula is C25H28. The number of rotatable bonds is 8. The van der Waals surface area contributed by atoms with Gasteiger partial charge in [0.2, 0.25) is 0 Å². The van der Waals surface area contributed by atoms with Crippen LogP contribution >= 0.6 is 0 Å². The molecular weight excluding hydrogens is 300 g/mol. The second kappa shape index (κ2) is 8.67. The monoisotopic (exact) mass is 328 g/mol. The third-order valence-electron chi connectivity index (χ3n) is 4.91. The van der Waals surface area contributed by atoms with Gasteiger partial charge in [-0.05, 0) is 78.1 Å². The molecule has 0 aliphatic heterocycles. The predicted molar refractivity (Wildman–Crippen MR) is 112 cm³/mol. The highest BCUT2D eigenvalue weighted by Gasteiger charge is 2.03. The van der Waals surface area contributed by atoms with E-state index in [1.165, 1.54) is 51.9 Å². The molecule has 0 spiro atoms. The lowest BCUT2D eigenvalue weighted by molar-refractivity contribution is 0.843. The van der Waals surface area contributed by atoms with E-state index >= 15 is 0 Å². The zero-order valence-electron chi connectivity index (χ0n) is 15.3. The lowest BCUT2D eigenvalue weighted by Gasteiger charge is -2.08. The van der Waals surface area contributed by atoms with Crippen LogP contribution in [0.1, 0.15) is 43.7 Å². The summed E-state index contributed by atoms with van der Waals surface area (Å²) in [6.07, 6.45) is 13.3. The molecule has 0 unspecified atom stereocenters. The molecule has 0 heteroatoms. The summed E-state index contributed by atoms with van der Waals surface area (Å²) in [6, 6.07) is 18.5. The fraction of sp³-hybridized carbons (Fsp3) is 0.280. The summed E-state index contributed by atoms with van der Waals surface area (Å²) in [7, 11) is 0. The molecule has 128 valence electrons. The quantitative estimate of drug-likeness (QED) is 0.229. The smallest absolute Gasteiger partial charge is 0.0105 e. The van der Waals surface area contributed by atoms with E-state index in [1.54, 1.807) is 0 Å². The SMILES string of the molecule is C=CCCCc1ccc2c(ccc3cc(CCC/C=C/C)ccc32)c1. The van der Waals surface area contributed by atoms with Crippen LogP contribution in [0.15, 0.2) is 73.3 Å². The van der Waals surface area contributed by atoms with Gasteiger partial charge in [0.1, 0.15) is 0 Å². The van der Waals surface area contributed by atoms with Crippen molar-refractivity contribution in [1.29, 1.82) is 0 Å². The Hall–Kier alpha value is -2.34. The van der Waals surface area contributed by atoms with Gasteiger partial charge in [-0.25, -0.2) is 0 Å². The van der Waals surface area contributed by atoms with Crippen LogP contribution in [0.2, 0.25) is 0 Å². The number of unbranched alkanes of at least 4 members (excludes halogenated alkanes) is 2. The molecule has 0 saturated heterocycles. The van der Waals surface area contributed by atoms with Crippen LogP contribution in [-0.4, -0.2) is 0 Å². The van der Waals surface area contributed by atoms with Gasteiger partial charge in [0.05, 0.1) is 0 Å². The molecule has 3 aromatic carbocycles. The second-order valence-electron chi connectivity index (χ2n) is 6.82. The van der Waals surface area contributed by atoms with Gasteiger partial charge in [-0.15, -0.1) is 6.58 Å². The molecule has 0 aliphatic carbocycles. The molecule has 0 atom stereocenters. The maximum atomic E-state index is 3.81. The third-order valence-corrected chi connectivity index (χ3v) is 4.91. The first-order chi connectivity index (χ1) is 12.3. The zero-order valence-corrected chi connectivity index (χ0v) is 15.3. The van der Waals surface area contributed by atoms with E-state index in [0.717, 1.165) is 19.3 Å². The fourth-order valence-corrected chi connectivity index (χ4v) is 3.52. The standard InChI is InChI=1S/C25H28/c1-3-5-7-9-11-21-13-17-25-23(19-21)15-14-22-18-20(10-8-6-4-2)12-16-24(22)25/h3-5,12-19H,2,6-11H2,1H3/b5-3+. The van der Waals surface area contributed by atoms with E-state index < -0.39 is 0 Å². The molecule has 0 aliphatic rings. The van der Waals surface area contributed by atoms with Gasteiger partial charge in [0.25, 0.3) is 0 Å². The van der Waals surface area contributed by atoms with Crippen LogP contribution < -0.4 is 0 Å². The molecule has 0 heterocycles. The highest BCUT2D eigenvalue weighted by Crippen LogP contribution is 2.28. The molecule has 0 nitrogen and oxygen atoms in total. The van der Waals surface area contributed by atoms with Gasteiger partial charge in [0, 0.05) is 0 Å². The van der Waals surface area contributed by atoms with Crippen molar-refractivity contribution in [2.45, 2.75) is 45.4 Å². The largest absolute Gasteiger partial charge is 0.103 e. The Morgan fingerprint density at radius 3 is 1.84 bits per heavy atom. The number of benzene rings is 3. The average molecular weight is 328 g/mol. The minimum Gasteiger partial charge on any atom is -0.103 e. The van der Waals surface area contributed by atoms with Crippen LogP contribution in [0.25, 0.3) is 21.5 Å². The number of allylic oxidation sites excluding steroid dienone is 3. The van der Waals surface area contributed by atoms with Crippen LogP contribution in [0.5, 0.6) is 0 Å². The molecule has 0 fully saturated rings. The summed E-state index contributed by atoms with van der Waals surface area (Å²) in [6.45, 7) is 5.90.